The molecule has 1 rings (SSSR count). The van der Waals surface area contributed by atoms with Crippen LogP contribution in [-0.2, 0) is 4.79 Å². The van der Waals surface area contributed by atoms with E-state index in [1.807, 2.05) is 0 Å². The summed E-state index contributed by atoms with van der Waals surface area (Å²) in [6, 6.07) is 4.09. The number of Topliss-reactive ketones (excluding diaryl/α,β-unsaturated/α-hetero) is 1. The maximum Gasteiger partial charge on any atom is 1.00 e. The molecule has 0 aromatic heterocycles. The first-order valence-corrected chi connectivity index (χ1v) is 4.10. The third kappa shape index (κ3) is 4.03. The fraction of sp³-hybridized carbons (Fsp3) is 0.200. The van der Waals surface area contributed by atoms with Crippen molar-refractivity contribution in [3.8, 4) is 5.75 Å². The monoisotopic (exact) mass is 215 g/mol. The number of carbonyl (C=O) groups excluding carboxylic acids is 2. The molecule has 15 heavy (non-hydrogen) atoms. The fourth-order valence-corrected chi connectivity index (χ4v) is 1.04. The van der Waals surface area contributed by atoms with Crippen LogP contribution in [0.4, 0.5) is 5.69 Å². The zero-order valence-corrected chi connectivity index (χ0v) is 11.0. The van der Waals surface area contributed by atoms with Crippen LogP contribution in [0.3, 0.4) is 0 Å². The largest absolute Gasteiger partial charge is 1.00 e. The van der Waals surface area contributed by atoms with E-state index in [0.29, 0.717) is 5.56 Å². The molecular weight excluding hydrogens is 205 g/mol. The number of ketones is 1. The van der Waals surface area contributed by atoms with Crippen LogP contribution >= 0.6 is 0 Å². The summed E-state index contributed by atoms with van der Waals surface area (Å²) in [6.45, 7) is 2.71. The van der Waals surface area contributed by atoms with Crippen molar-refractivity contribution >= 4 is 17.4 Å². The summed E-state index contributed by atoms with van der Waals surface area (Å²) in [4.78, 5) is 21.7. The van der Waals surface area contributed by atoms with Gasteiger partial charge in [-0.05, 0) is 13.0 Å². The van der Waals surface area contributed by atoms with Crippen molar-refractivity contribution < 1.29 is 44.3 Å². The molecule has 0 heterocycles. The van der Waals surface area contributed by atoms with E-state index in [1.54, 1.807) is 0 Å². The van der Waals surface area contributed by atoms with Gasteiger partial charge < -0.3 is 10.4 Å². The molecule has 1 aromatic rings. The number of rotatable bonds is 2. The van der Waals surface area contributed by atoms with E-state index in [1.165, 1.54) is 32.0 Å². The van der Waals surface area contributed by atoms with Gasteiger partial charge in [0, 0.05) is 18.2 Å². The van der Waals surface area contributed by atoms with Gasteiger partial charge in [-0.1, -0.05) is 17.9 Å². The van der Waals surface area contributed by atoms with Gasteiger partial charge in [0.05, 0.1) is 0 Å². The molecule has 0 spiro atoms. The molecule has 0 saturated heterocycles. The van der Waals surface area contributed by atoms with Gasteiger partial charge in [0.25, 0.3) is 0 Å². The SMILES string of the molecule is CC(=O)Nc1cc(C(C)=O)ccc1[O-].[Na+]. The molecular formula is C10H10NNaO3. The third-order valence-corrected chi connectivity index (χ3v) is 1.70. The molecule has 1 aromatic carbocycles. The van der Waals surface area contributed by atoms with Crippen LogP contribution in [-0.4, -0.2) is 11.7 Å². The number of amides is 1. The summed E-state index contributed by atoms with van der Waals surface area (Å²) >= 11 is 0. The molecule has 1 amide bonds. The van der Waals surface area contributed by atoms with Crippen LogP contribution in [0.1, 0.15) is 24.2 Å². The predicted octanol–water partition coefficient (Wildman–Crippen LogP) is -2.07. The average Bonchev–Trinajstić information content (AvgIpc) is 2.07. The summed E-state index contributed by atoms with van der Waals surface area (Å²) in [6.07, 6.45) is 0. The second-order valence-electron chi connectivity index (χ2n) is 2.95. The second-order valence-corrected chi connectivity index (χ2v) is 2.95. The standard InChI is InChI=1S/C10H11NO3.Na/c1-6(12)8-3-4-10(14)9(5-8)11-7(2)13;/h3-5,14H,1-2H3,(H,11,13);/q;+1/p-1. The van der Waals surface area contributed by atoms with E-state index in [0.717, 1.165) is 0 Å². The summed E-state index contributed by atoms with van der Waals surface area (Å²) in [5.41, 5.74) is 0.554. The topological polar surface area (TPSA) is 69.2 Å². The first-order chi connectivity index (χ1) is 6.50. The fourth-order valence-electron chi connectivity index (χ4n) is 1.04. The summed E-state index contributed by atoms with van der Waals surface area (Å²) in [7, 11) is 0. The minimum Gasteiger partial charge on any atom is -0.871 e. The normalized spacial score (nSPS) is 8.93. The van der Waals surface area contributed by atoms with E-state index in [9.17, 15) is 14.7 Å². The maximum absolute atomic E-state index is 11.2. The Hall–Kier alpha value is -0.840. The molecule has 4 nitrogen and oxygen atoms in total. The van der Waals surface area contributed by atoms with Crippen molar-refractivity contribution in [3.05, 3.63) is 23.8 Å². The molecule has 1 N–H and O–H groups in total. The number of anilines is 1. The van der Waals surface area contributed by atoms with Gasteiger partial charge in [-0.15, -0.1) is 0 Å². The number of hydrogen-bond acceptors (Lipinski definition) is 3. The van der Waals surface area contributed by atoms with Gasteiger partial charge in [-0.3, -0.25) is 9.59 Å². The Morgan fingerprint density at radius 2 is 1.87 bits per heavy atom. The Bertz CT molecular complexity index is 390. The van der Waals surface area contributed by atoms with Gasteiger partial charge in [0.2, 0.25) is 5.91 Å². The second kappa shape index (κ2) is 5.90. The molecule has 0 fully saturated rings. The van der Waals surface area contributed by atoms with Crippen LogP contribution < -0.4 is 40.0 Å². The third-order valence-electron chi connectivity index (χ3n) is 1.70. The van der Waals surface area contributed by atoms with Crippen LogP contribution in [0.25, 0.3) is 0 Å². The maximum atomic E-state index is 11.2. The van der Waals surface area contributed by atoms with E-state index in [-0.39, 0.29) is 52.7 Å². The molecule has 0 radical (unpaired) electrons. The predicted molar refractivity (Wildman–Crippen MR) is 50.2 cm³/mol. The first kappa shape index (κ1) is 14.2. The molecule has 0 unspecified atom stereocenters. The van der Waals surface area contributed by atoms with Crippen molar-refractivity contribution in [3.63, 3.8) is 0 Å². The number of benzene rings is 1. The Kier molecular flexibility index (Phi) is 5.57. The molecule has 0 aliphatic heterocycles. The van der Waals surface area contributed by atoms with Gasteiger partial charge in [0.1, 0.15) is 0 Å². The smallest absolute Gasteiger partial charge is 0.871 e. The molecule has 74 valence electrons. The summed E-state index contributed by atoms with van der Waals surface area (Å²) in [5.74, 6) is -0.774. The van der Waals surface area contributed by atoms with E-state index < -0.39 is 0 Å². The number of nitrogens with one attached hydrogen (secondary N) is 1. The van der Waals surface area contributed by atoms with Gasteiger partial charge >= 0.3 is 29.6 Å². The van der Waals surface area contributed by atoms with Gasteiger partial charge in [-0.2, -0.15) is 0 Å². The number of hydrogen-bond donors (Lipinski definition) is 1. The van der Waals surface area contributed by atoms with Gasteiger partial charge in [-0.25, -0.2) is 0 Å². The van der Waals surface area contributed by atoms with Crippen molar-refractivity contribution in [1.82, 2.24) is 0 Å². The van der Waals surface area contributed by atoms with Crippen molar-refractivity contribution in [2.75, 3.05) is 5.32 Å². The zero-order valence-electron chi connectivity index (χ0n) is 8.96. The van der Waals surface area contributed by atoms with Crippen molar-refractivity contribution in [1.29, 1.82) is 0 Å². The molecule has 0 atom stereocenters. The molecule has 0 saturated carbocycles. The minimum atomic E-state index is -0.331. The molecule has 0 aliphatic rings. The van der Waals surface area contributed by atoms with Crippen molar-refractivity contribution in [2.45, 2.75) is 13.8 Å². The van der Waals surface area contributed by atoms with E-state index in [4.69, 9.17) is 0 Å². The first-order valence-electron chi connectivity index (χ1n) is 4.10. The number of carbonyl (C=O) groups is 2. The molecule has 5 heteroatoms. The Morgan fingerprint density at radius 3 is 2.33 bits per heavy atom. The van der Waals surface area contributed by atoms with Gasteiger partial charge in [0.15, 0.2) is 5.78 Å². The van der Waals surface area contributed by atoms with E-state index >= 15 is 0 Å². The quantitative estimate of drug-likeness (QED) is 0.455. The van der Waals surface area contributed by atoms with Crippen LogP contribution in [0.15, 0.2) is 18.2 Å². The summed E-state index contributed by atoms with van der Waals surface area (Å²) in [5, 5.41) is 13.6. The van der Waals surface area contributed by atoms with Crippen LogP contribution in [0.5, 0.6) is 5.75 Å². The minimum absolute atomic E-state index is 0. The molecule has 0 bridgehead atoms. The molecule has 0 aliphatic carbocycles. The average molecular weight is 215 g/mol. The van der Waals surface area contributed by atoms with Crippen LogP contribution in [0.2, 0.25) is 0 Å². The van der Waals surface area contributed by atoms with Crippen molar-refractivity contribution in [2.24, 2.45) is 0 Å². The summed E-state index contributed by atoms with van der Waals surface area (Å²) < 4.78 is 0. The van der Waals surface area contributed by atoms with Crippen LogP contribution in [0, 0.1) is 0 Å². The Labute approximate surface area is 110 Å². The van der Waals surface area contributed by atoms with E-state index in [2.05, 4.69) is 5.32 Å². The Balaban J connectivity index is 0.00000196. The Morgan fingerprint density at radius 1 is 1.27 bits per heavy atom. The zero-order chi connectivity index (χ0) is 10.7.